The van der Waals surface area contributed by atoms with Crippen LogP contribution in [0.2, 0.25) is 0 Å². The average Bonchev–Trinajstić information content (AvgIpc) is 2.87. The monoisotopic (exact) mass is 247 g/mol. The number of ether oxygens (including phenoxy) is 1. The summed E-state index contributed by atoms with van der Waals surface area (Å²) in [6.07, 6.45) is 6.71. The van der Waals surface area contributed by atoms with Crippen LogP contribution in [0.25, 0.3) is 0 Å². The molecule has 0 bridgehead atoms. The molecule has 1 N–H and O–H groups in total. The van der Waals surface area contributed by atoms with Gasteiger partial charge >= 0.3 is 0 Å². The molecule has 1 aromatic rings. The molecule has 2 aliphatic heterocycles. The molecule has 0 spiro atoms. The molecule has 4 heteroatoms. The number of hydrogen-bond acceptors (Lipinski definition) is 4. The Morgan fingerprint density at radius 1 is 1.50 bits per heavy atom. The quantitative estimate of drug-likeness (QED) is 0.862. The normalized spacial score (nSPS) is 28.2. The molecule has 4 nitrogen and oxygen atoms in total. The molecule has 0 aromatic carbocycles. The highest BCUT2D eigenvalue weighted by Crippen LogP contribution is 2.22. The Kier molecular flexibility index (Phi) is 3.88. The average molecular weight is 247 g/mol. The van der Waals surface area contributed by atoms with E-state index in [-0.39, 0.29) is 0 Å². The van der Waals surface area contributed by atoms with Gasteiger partial charge in [0.25, 0.3) is 0 Å². The summed E-state index contributed by atoms with van der Waals surface area (Å²) in [5.41, 5.74) is 1.23. The minimum absolute atomic E-state index is 0.344. The number of hydrogen-bond donors (Lipinski definition) is 1. The molecule has 1 aromatic heterocycles. The van der Waals surface area contributed by atoms with Crippen LogP contribution >= 0.6 is 0 Å². The first kappa shape index (κ1) is 12.1. The maximum Gasteiger partial charge on any atom is 0.0827 e. The lowest BCUT2D eigenvalue weighted by molar-refractivity contribution is -0.0470. The van der Waals surface area contributed by atoms with Crippen LogP contribution in [0.15, 0.2) is 24.5 Å². The lowest BCUT2D eigenvalue weighted by Gasteiger charge is -2.35. The maximum absolute atomic E-state index is 5.91. The number of fused-ring (bicyclic) bond motifs is 1. The molecule has 18 heavy (non-hydrogen) atoms. The van der Waals surface area contributed by atoms with Gasteiger partial charge in [-0.05, 0) is 31.0 Å². The zero-order valence-corrected chi connectivity index (χ0v) is 10.7. The molecule has 2 aliphatic rings. The van der Waals surface area contributed by atoms with Gasteiger partial charge in [0, 0.05) is 38.1 Å². The molecule has 3 rings (SSSR count). The fourth-order valence-corrected chi connectivity index (χ4v) is 2.89. The molecule has 0 radical (unpaired) electrons. The van der Waals surface area contributed by atoms with Crippen molar-refractivity contribution in [1.29, 1.82) is 0 Å². The van der Waals surface area contributed by atoms with Gasteiger partial charge in [0.2, 0.25) is 0 Å². The second-order valence-electron chi connectivity index (χ2n) is 5.24. The summed E-state index contributed by atoms with van der Waals surface area (Å²) in [6, 6.07) is 4.76. The van der Waals surface area contributed by atoms with Gasteiger partial charge in [0.05, 0.1) is 12.7 Å². The number of nitrogens with one attached hydrogen (secondary N) is 1. The van der Waals surface area contributed by atoms with E-state index in [2.05, 4.69) is 21.3 Å². The highest BCUT2D eigenvalue weighted by atomic mass is 16.5. The SMILES string of the molecule is c1cncc(CNCC2CN3CCCC3CO2)c1. The third kappa shape index (κ3) is 2.88. The molecule has 98 valence electrons. The second-order valence-corrected chi connectivity index (χ2v) is 5.24. The van der Waals surface area contributed by atoms with Crippen LogP contribution in [0.5, 0.6) is 0 Å². The first-order chi connectivity index (χ1) is 8.92. The van der Waals surface area contributed by atoms with Crippen molar-refractivity contribution in [2.45, 2.75) is 31.5 Å². The van der Waals surface area contributed by atoms with Crippen molar-refractivity contribution < 1.29 is 4.74 Å². The Hall–Kier alpha value is -0.970. The Balaban J connectivity index is 1.41. The summed E-state index contributed by atoms with van der Waals surface area (Å²) in [5, 5.41) is 3.46. The predicted molar refractivity (Wildman–Crippen MR) is 70.3 cm³/mol. The van der Waals surface area contributed by atoms with Crippen molar-refractivity contribution in [3.8, 4) is 0 Å². The first-order valence-electron chi connectivity index (χ1n) is 6.87. The molecule has 3 heterocycles. The lowest BCUT2D eigenvalue weighted by atomic mass is 10.2. The van der Waals surface area contributed by atoms with Gasteiger partial charge in [0.15, 0.2) is 0 Å². The summed E-state index contributed by atoms with van der Waals surface area (Å²) in [6.45, 7) is 5.06. The van der Waals surface area contributed by atoms with E-state index in [1.54, 1.807) is 6.20 Å². The highest BCUT2D eigenvalue weighted by molar-refractivity contribution is 5.07. The van der Waals surface area contributed by atoms with Crippen molar-refractivity contribution in [1.82, 2.24) is 15.2 Å². The van der Waals surface area contributed by atoms with E-state index in [1.807, 2.05) is 12.3 Å². The third-order valence-electron chi connectivity index (χ3n) is 3.89. The van der Waals surface area contributed by atoms with E-state index >= 15 is 0 Å². The van der Waals surface area contributed by atoms with Crippen LogP contribution in [0.1, 0.15) is 18.4 Å². The van der Waals surface area contributed by atoms with Gasteiger partial charge in [-0.15, -0.1) is 0 Å². The molecule has 2 atom stereocenters. The van der Waals surface area contributed by atoms with Crippen LogP contribution in [-0.4, -0.2) is 48.3 Å². The Morgan fingerprint density at radius 3 is 3.39 bits per heavy atom. The molecule has 0 aliphatic carbocycles. The fraction of sp³-hybridized carbons (Fsp3) is 0.643. The van der Waals surface area contributed by atoms with Crippen molar-refractivity contribution in [3.63, 3.8) is 0 Å². The largest absolute Gasteiger partial charge is 0.374 e. The summed E-state index contributed by atoms with van der Waals surface area (Å²) in [4.78, 5) is 6.70. The molecule has 0 saturated carbocycles. The van der Waals surface area contributed by atoms with Crippen molar-refractivity contribution in [2.75, 3.05) is 26.2 Å². The first-order valence-corrected chi connectivity index (χ1v) is 6.87. The Morgan fingerprint density at radius 2 is 2.50 bits per heavy atom. The Bertz CT molecular complexity index is 371. The van der Waals surface area contributed by atoms with Gasteiger partial charge in [-0.1, -0.05) is 6.07 Å². The maximum atomic E-state index is 5.91. The van der Waals surface area contributed by atoms with Crippen LogP contribution in [-0.2, 0) is 11.3 Å². The molecular formula is C14H21N3O. The van der Waals surface area contributed by atoms with Crippen LogP contribution in [0.4, 0.5) is 0 Å². The van der Waals surface area contributed by atoms with Gasteiger partial charge in [-0.2, -0.15) is 0 Å². The van der Waals surface area contributed by atoms with E-state index < -0.39 is 0 Å². The zero-order chi connectivity index (χ0) is 12.2. The van der Waals surface area contributed by atoms with Crippen molar-refractivity contribution >= 4 is 0 Å². The minimum Gasteiger partial charge on any atom is -0.374 e. The number of rotatable bonds is 4. The topological polar surface area (TPSA) is 37.4 Å². The number of pyridine rings is 1. The smallest absolute Gasteiger partial charge is 0.0827 e. The lowest BCUT2D eigenvalue weighted by Crippen LogP contribution is -2.49. The van der Waals surface area contributed by atoms with E-state index in [0.717, 1.165) is 26.2 Å². The molecule has 2 fully saturated rings. The second kappa shape index (κ2) is 5.78. The van der Waals surface area contributed by atoms with Gasteiger partial charge in [-0.25, -0.2) is 0 Å². The summed E-state index contributed by atoms with van der Waals surface area (Å²) < 4.78 is 5.91. The van der Waals surface area contributed by atoms with E-state index in [0.29, 0.717) is 12.1 Å². The minimum atomic E-state index is 0.344. The van der Waals surface area contributed by atoms with E-state index in [4.69, 9.17) is 4.74 Å². The fourth-order valence-electron chi connectivity index (χ4n) is 2.89. The van der Waals surface area contributed by atoms with Gasteiger partial charge < -0.3 is 10.1 Å². The number of morpholine rings is 1. The summed E-state index contributed by atoms with van der Waals surface area (Å²) in [7, 11) is 0. The standard InChI is InChI=1S/C14H21N3O/c1-3-12(7-15-5-1)8-16-9-14-10-17-6-2-4-13(17)11-18-14/h1,3,5,7,13-14,16H,2,4,6,8-11H2. The van der Waals surface area contributed by atoms with E-state index in [1.165, 1.54) is 24.9 Å². The summed E-state index contributed by atoms with van der Waals surface area (Å²) >= 11 is 0. The van der Waals surface area contributed by atoms with Crippen LogP contribution in [0, 0.1) is 0 Å². The van der Waals surface area contributed by atoms with Crippen LogP contribution < -0.4 is 5.32 Å². The number of aromatic nitrogens is 1. The third-order valence-corrected chi connectivity index (χ3v) is 3.89. The van der Waals surface area contributed by atoms with E-state index in [9.17, 15) is 0 Å². The van der Waals surface area contributed by atoms with Crippen LogP contribution in [0.3, 0.4) is 0 Å². The molecule has 2 saturated heterocycles. The zero-order valence-electron chi connectivity index (χ0n) is 10.7. The summed E-state index contributed by atoms with van der Waals surface area (Å²) in [5.74, 6) is 0. The molecular weight excluding hydrogens is 226 g/mol. The number of nitrogens with zero attached hydrogens (tertiary/aromatic N) is 2. The highest BCUT2D eigenvalue weighted by Gasteiger charge is 2.31. The van der Waals surface area contributed by atoms with Crippen molar-refractivity contribution in [2.24, 2.45) is 0 Å². The van der Waals surface area contributed by atoms with Gasteiger partial charge in [0.1, 0.15) is 0 Å². The van der Waals surface area contributed by atoms with Crippen molar-refractivity contribution in [3.05, 3.63) is 30.1 Å². The molecule has 0 amide bonds. The molecule has 2 unspecified atom stereocenters. The Labute approximate surface area is 108 Å². The predicted octanol–water partition coefficient (Wildman–Crippen LogP) is 1.03. The van der Waals surface area contributed by atoms with Gasteiger partial charge in [-0.3, -0.25) is 9.88 Å².